The Kier molecular flexibility index (Phi) is 7.77. The summed E-state index contributed by atoms with van der Waals surface area (Å²) in [6.45, 7) is 4.41. The average molecular weight is 379 g/mol. The van der Waals surface area contributed by atoms with E-state index < -0.39 is 0 Å². The zero-order valence-corrected chi connectivity index (χ0v) is 16.0. The van der Waals surface area contributed by atoms with Crippen molar-refractivity contribution in [2.24, 2.45) is 5.10 Å². The molecule has 0 aliphatic heterocycles. The molecule has 1 heterocycles. The van der Waals surface area contributed by atoms with Crippen LogP contribution >= 0.6 is 0 Å². The Balaban J connectivity index is 2.22. The summed E-state index contributed by atoms with van der Waals surface area (Å²) in [6.07, 6.45) is 1.58. The zero-order chi connectivity index (χ0) is 20.4. The van der Waals surface area contributed by atoms with Gasteiger partial charge in [-0.05, 0) is 43.7 Å². The Bertz CT molecular complexity index is 929. The summed E-state index contributed by atoms with van der Waals surface area (Å²) in [7, 11) is 1.57. The van der Waals surface area contributed by atoms with Crippen molar-refractivity contribution in [3.63, 3.8) is 0 Å². The molecule has 0 radical (unpaired) electrons. The Labute approximate surface area is 164 Å². The van der Waals surface area contributed by atoms with Crippen LogP contribution in [-0.4, -0.2) is 31.5 Å². The van der Waals surface area contributed by atoms with Crippen LogP contribution in [0.15, 0.2) is 29.4 Å². The highest BCUT2D eigenvalue weighted by atomic mass is 16.5. The van der Waals surface area contributed by atoms with E-state index >= 15 is 0 Å². The van der Waals surface area contributed by atoms with Gasteiger partial charge in [-0.25, -0.2) is 4.98 Å². The number of hydrazone groups is 1. The van der Waals surface area contributed by atoms with E-state index in [0.29, 0.717) is 36.1 Å². The van der Waals surface area contributed by atoms with Crippen LogP contribution in [0.2, 0.25) is 0 Å². The lowest BCUT2D eigenvalue weighted by Crippen LogP contribution is -2.04. The maximum Gasteiger partial charge on any atom is 0.174 e. The largest absolute Gasteiger partial charge is 0.490 e. The van der Waals surface area contributed by atoms with Gasteiger partial charge in [0.15, 0.2) is 23.9 Å². The summed E-state index contributed by atoms with van der Waals surface area (Å²) in [4.78, 5) is 4.33. The van der Waals surface area contributed by atoms with Crippen LogP contribution in [0.1, 0.15) is 29.3 Å². The van der Waals surface area contributed by atoms with Crippen molar-refractivity contribution < 1.29 is 14.2 Å². The first kappa shape index (κ1) is 20.7. The molecule has 0 saturated heterocycles. The predicted octanol–water partition coefficient (Wildman–Crippen LogP) is 3.16. The van der Waals surface area contributed by atoms with Gasteiger partial charge in [0, 0.05) is 18.4 Å². The van der Waals surface area contributed by atoms with Crippen molar-refractivity contribution in [2.75, 3.05) is 25.7 Å². The lowest BCUT2D eigenvalue weighted by molar-refractivity contribution is 0.184. The topological polar surface area (TPSA) is 113 Å². The molecular weight excluding hydrogens is 358 g/mol. The number of hydrogen-bond donors (Lipinski definition) is 1. The van der Waals surface area contributed by atoms with Crippen LogP contribution in [-0.2, 0) is 11.3 Å². The summed E-state index contributed by atoms with van der Waals surface area (Å²) in [5, 5.41) is 22.3. The first-order valence-electron chi connectivity index (χ1n) is 8.58. The molecule has 0 spiro atoms. The molecule has 8 heteroatoms. The minimum atomic E-state index is -0.0607. The average Bonchev–Trinajstić information content (AvgIpc) is 2.68. The van der Waals surface area contributed by atoms with Crippen molar-refractivity contribution in [3.05, 3.63) is 46.6 Å². The van der Waals surface area contributed by atoms with Crippen LogP contribution in [0.25, 0.3) is 0 Å². The molecular formula is C20H21N5O3. The number of methoxy groups -OCH3 is 1. The summed E-state index contributed by atoms with van der Waals surface area (Å²) in [5.74, 6) is 1.38. The van der Waals surface area contributed by atoms with E-state index in [1.54, 1.807) is 31.5 Å². The molecule has 0 aliphatic carbocycles. The van der Waals surface area contributed by atoms with Gasteiger partial charge in [0.1, 0.15) is 17.7 Å². The molecule has 1 aromatic carbocycles. The predicted molar refractivity (Wildman–Crippen MR) is 104 cm³/mol. The van der Waals surface area contributed by atoms with Gasteiger partial charge < -0.3 is 14.2 Å². The Morgan fingerprint density at radius 2 is 2.04 bits per heavy atom. The fraction of sp³-hybridized carbons (Fsp3) is 0.300. The summed E-state index contributed by atoms with van der Waals surface area (Å²) in [5.41, 5.74) is 5.45. The molecule has 1 N–H and O–H groups in total. The maximum atomic E-state index is 9.44. The minimum Gasteiger partial charge on any atom is -0.490 e. The number of aromatic nitrogens is 1. The molecule has 2 rings (SSSR count). The fourth-order valence-corrected chi connectivity index (χ4v) is 2.49. The standard InChI is InChI=1S/C20H21N5O3/c1-4-27-19-10-15(5-6-18(19)28-8-7-21)12-23-25-20-17(11-22)16(13-26-3)9-14(2)24-20/h5-6,9-10,12H,4,8,13H2,1-3H3,(H,24,25). The second kappa shape index (κ2) is 10.5. The van der Waals surface area contributed by atoms with Crippen molar-refractivity contribution >= 4 is 12.0 Å². The first-order chi connectivity index (χ1) is 13.6. The number of ether oxygens (including phenoxy) is 3. The molecule has 0 unspecified atom stereocenters. The zero-order valence-electron chi connectivity index (χ0n) is 16.0. The number of pyridine rings is 1. The van der Waals surface area contributed by atoms with Crippen molar-refractivity contribution in [2.45, 2.75) is 20.5 Å². The molecule has 0 aliphatic rings. The third-order valence-electron chi connectivity index (χ3n) is 3.58. The third kappa shape index (κ3) is 5.44. The quantitative estimate of drug-likeness (QED) is 0.526. The second-order valence-corrected chi connectivity index (χ2v) is 5.65. The highest BCUT2D eigenvalue weighted by Crippen LogP contribution is 2.28. The molecule has 0 bridgehead atoms. The van der Waals surface area contributed by atoms with Crippen molar-refractivity contribution in [1.29, 1.82) is 10.5 Å². The number of anilines is 1. The third-order valence-corrected chi connectivity index (χ3v) is 3.58. The minimum absolute atomic E-state index is 0.0607. The van der Waals surface area contributed by atoms with Crippen LogP contribution in [0.3, 0.4) is 0 Å². The van der Waals surface area contributed by atoms with Crippen molar-refractivity contribution in [1.82, 2.24) is 4.98 Å². The fourth-order valence-electron chi connectivity index (χ4n) is 2.49. The molecule has 0 atom stereocenters. The number of nitrogens with one attached hydrogen (secondary N) is 1. The van der Waals surface area contributed by atoms with E-state index in [0.717, 1.165) is 16.8 Å². The first-order valence-corrected chi connectivity index (χ1v) is 8.58. The number of hydrogen-bond acceptors (Lipinski definition) is 8. The molecule has 8 nitrogen and oxygen atoms in total. The van der Waals surface area contributed by atoms with E-state index in [-0.39, 0.29) is 6.61 Å². The van der Waals surface area contributed by atoms with Crippen LogP contribution in [0.5, 0.6) is 11.5 Å². The summed E-state index contributed by atoms with van der Waals surface area (Å²) < 4.78 is 16.0. The Hall–Kier alpha value is -3.62. The summed E-state index contributed by atoms with van der Waals surface area (Å²) in [6, 6.07) is 11.1. The molecule has 1 aromatic heterocycles. The molecule has 28 heavy (non-hydrogen) atoms. The molecule has 0 saturated carbocycles. The number of aryl methyl sites for hydroxylation is 1. The molecule has 144 valence electrons. The Morgan fingerprint density at radius 1 is 1.21 bits per heavy atom. The van der Waals surface area contributed by atoms with E-state index in [2.05, 4.69) is 21.6 Å². The van der Waals surface area contributed by atoms with Gasteiger partial charge in [0.05, 0.1) is 19.4 Å². The lowest BCUT2D eigenvalue weighted by atomic mass is 10.1. The van der Waals surface area contributed by atoms with E-state index in [4.69, 9.17) is 19.5 Å². The number of benzene rings is 1. The van der Waals surface area contributed by atoms with Gasteiger partial charge in [0.25, 0.3) is 0 Å². The molecule has 2 aromatic rings. The molecule has 0 amide bonds. The van der Waals surface area contributed by atoms with Gasteiger partial charge in [0.2, 0.25) is 0 Å². The second-order valence-electron chi connectivity index (χ2n) is 5.65. The van der Waals surface area contributed by atoms with E-state index in [1.165, 1.54) is 0 Å². The highest BCUT2D eigenvalue weighted by molar-refractivity contribution is 5.81. The van der Waals surface area contributed by atoms with Crippen LogP contribution < -0.4 is 14.9 Å². The van der Waals surface area contributed by atoms with E-state index in [9.17, 15) is 5.26 Å². The molecule has 0 fully saturated rings. The number of rotatable bonds is 9. The summed E-state index contributed by atoms with van der Waals surface area (Å²) >= 11 is 0. The Morgan fingerprint density at radius 3 is 2.71 bits per heavy atom. The monoisotopic (exact) mass is 379 g/mol. The lowest BCUT2D eigenvalue weighted by Gasteiger charge is -2.11. The van der Waals surface area contributed by atoms with Gasteiger partial charge >= 0.3 is 0 Å². The van der Waals surface area contributed by atoms with E-state index in [1.807, 2.05) is 26.0 Å². The highest BCUT2D eigenvalue weighted by Gasteiger charge is 2.11. The van der Waals surface area contributed by atoms with Gasteiger partial charge in [-0.3, -0.25) is 5.43 Å². The maximum absolute atomic E-state index is 9.44. The van der Waals surface area contributed by atoms with Crippen molar-refractivity contribution in [3.8, 4) is 23.6 Å². The van der Waals surface area contributed by atoms with Crippen LogP contribution in [0, 0.1) is 29.6 Å². The van der Waals surface area contributed by atoms with Gasteiger partial charge in [-0.1, -0.05) is 0 Å². The smallest absolute Gasteiger partial charge is 0.174 e. The SMILES string of the molecule is CCOc1cc(C=NNc2nc(C)cc(COC)c2C#N)ccc1OCC#N. The van der Waals surface area contributed by atoms with Gasteiger partial charge in [-0.2, -0.15) is 15.6 Å². The van der Waals surface area contributed by atoms with Crippen LogP contribution in [0.4, 0.5) is 5.82 Å². The normalized spacial score (nSPS) is 10.3. The number of nitriles is 2. The number of nitrogens with zero attached hydrogens (tertiary/aromatic N) is 4. The van der Waals surface area contributed by atoms with Gasteiger partial charge in [-0.15, -0.1) is 0 Å².